The van der Waals surface area contributed by atoms with Crippen molar-refractivity contribution in [1.29, 1.82) is 0 Å². The first-order chi connectivity index (χ1) is 16.1. The number of halogens is 1. The van der Waals surface area contributed by atoms with Gasteiger partial charge in [-0.15, -0.1) is 0 Å². The van der Waals surface area contributed by atoms with Crippen LogP contribution < -0.4 is 16.4 Å². The lowest BCUT2D eigenvalue weighted by molar-refractivity contribution is -0.761. The molecule has 2 heterocycles. The Morgan fingerprint density at radius 1 is 1.26 bits per heavy atom. The minimum atomic E-state index is -0.971. The number of benzene rings is 1. The van der Waals surface area contributed by atoms with Crippen LogP contribution in [0.4, 0.5) is 10.5 Å². The molecule has 0 saturated carbocycles. The fourth-order valence-corrected chi connectivity index (χ4v) is 4.60. The third-order valence-electron chi connectivity index (χ3n) is 6.24. The number of carbonyl (C=O) groups is 4. The average Bonchev–Trinajstić information content (AvgIpc) is 3.41. The molecule has 0 aliphatic carbocycles. The van der Waals surface area contributed by atoms with Crippen molar-refractivity contribution in [1.82, 2.24) is 10.6 Å². The van der Waals surface area contributed by atoms with E-state index in [1.807, 2.05) is 0 Å². The highest BCUT2D eigenvalue weighted by atomic mass is 35.5. The average molecular weight is 496 g/mol. The number of rotatable bonds is 7. The second-order valence-electron chi connectivity index (χ2n) is 8.92. The van der Waals surface area contributed by atoms with Crippen molar-refractivity contribution in [3.8, 4) is 0 Å². The van der Waals surface area contributed by atoms with Crippen molar-refractivity contribution in [2.24, 2.45) is 5.92 Å². The Morgan fingerprint density at radius 3 is 2.56 bits per heavy atom. The summed E-state index contributed by atoms with van der Waals surface area (Å²) in [7, 11) is 0. The number of nitrogen functional groups attached to an aromatic ring is 1. The summed E-state index contributed by atoms with van der Waals surface area (Å²) in [6.07, 6.45) is -0.235. The van der Waals surface area contributed by atoms with Crippen molar-refractivity contribution in [2.45, 2.75) is 58.4 Å². The number of hydrogen-bond donors (Lipinski definition) is 3. The number of cyclic esters (lactones) is 1. The number of carbonyl (C=O) groups excluding carboxylic acids is 4. The monoisotopic (exact) mass is 495 g/mol. The maximum absolute atomic E-state index is 13.8. The van der Waals surface area contributed by atoms with E-state index in [1.54, 1.807) is 32.9 Å². The number of ether oxygens (including phenoxy) is 2. The first-order valence-electron chi connectivity index (χ1n) is 11.5. The first-order valence-corrected chi connectivity index (χ1v) is 11.9. The van der Waals surface area contributed by atoms with Gasteiger partial charge in [0.25, 0.3) is 5.91 Å². The Labute approximate surface area is 203 Å². The molecule has 186 valence electrons. The van der Waals surface area contributed by atoms with Gasteiger partial charge in [0.05, 0.1) is 35.8 Å². The summed E-state index contributed by atoms with van der Waals surface area (Å²) in [5, 5.41) is 5.55. The Morgan fingerprint density at radius 2 is 1.94 bits per heavy atom. The lowest BCUT2D eigenvalue weighted by atomic mass is 10.0. The van der Waals surface area contributed by atoms with E-state index in [2.05, 4.69) is 10.6 Å². The maximum Gasteiger partial charge on any atom is 0.427 e. The molecule has 10 nitrogen and oxygen atoms in total. The summed E-state index contributed by atoms with van der Waals surface area (Å²) in [6, 6.07) is 3.16. The SMILES string of the molecule is CCO[C@H]1CC(=O)O[C@H]1NC(=O)[N+]1(C(=O)[C@@H](NC(=O)c2cccc(N)c2Cl)C(C)C)CCCC1. The molecule has 4 amide bonds. The third-order valence-corrected chi connectivity index (χ3v) is 6.67. The van der Waals surface area contributed by atoms with Gasteiger partial charge in [-0.2, -0.15) is 4.48 Å². The largest absolute Gasteiger partial charge is 0.439 e. The zero-order valence-corrected chi connectivity index (χ0v) is 20.4. The molecule has 0 aromatic heterocycles. The Kier molecular flexibility index (Phi) is 8.17. The van der Waals surface area contributed by atoms with Crippen LogP contribution in [0.3, 0.4) is 0 Å². The normalized spacial score (nSPS) is 22.3. The van der Waals surface area contributed by atoms with E-state index >= 15 is 0 Å². The molecule has 3 rings (SSSR count). The number of likely N-dealkylation sites (tertiary alicyclic amines) is 1. The van der Waals surface area contributed by atoms with E-state index in [1.165, 1.54) is 6.07 Å². The van der Waals surface area contributed by atoms with Crippen molar-refractivity contribution in [2.75, 3.05) is 25.4 Å². The second kappa shape index (κ2) is 10.7. The summed E-state index contributed by atoms with van der Waals surface area (Å²) in [5.74, 6) is -1.77. The van der Waals surface area contributed by atoms with Gasteiger partial charge < -0.3 is 20.5 Å². The summed E-state index contributed by atoms with van der Waals surface area (Å²) in [6.45, 7) is 6.27. The number of amides is 4. The zero-order chi connectivity index (χ0) is 25.0. The number of imide groups is 1. The molecule has 4 N–H and O–H groups in total. The third kappa shape index (κ3) is 5.18. The van der Waals surface area contributed by atoms with Crippen LogP contribution in [-0.2, 0) is 19.1 Å². The molecule has 0 spiro atoms. The smallest absolute Gasteiger partial charge is 0.427 e. The van der Waals surface area contributed by atoms with E-state index in [0.717, 1.165) is 0 Å². The Bertz CT molecular complexity index is 963. The molecule has 3 atom stereocenters. The van der Waals surface area contributed by atoms with E-state index < -0.39 is 46.7 Å². The van der Waals surface area contributed by atoms with Crippen LogP contribution >= 0.6 is 11.6 Å². The van der Waals surface area contributed by atoms with Gasteiger partial charge in [-0.1, -0.05) is 31.5 Å². The molecule has 1 aromatic rings. The van der Waals surface area contributed by atoms with Crippen molar-refractivity contribution < 1.29 is 33.1 Å². The highest BCUT2D eigenvalue weighted by Gasteiger charge is 2.53. The van der Waals surface area contributed by atoms with Crippen molar-refractivity contribution in [3.63, 3.8) is 0 Å². The number of hydrogen-bond acceptors (Lipinski definition) is 7. The fraction of sp³-hybridized carbons (Fsp3) is 0.565. The van der Waals surface area contributed by atoms with Gasteiger partial charge in [0, 0.05) is 19.4 Å². The predicted molar refractivity (Wildman–Crippen MR) is 125 cm³/mol. The molecule has 2 fully saturated rings. The highest BCUT2D eigenvalue weighted by molar-refractivity contribution is 6.36. The molecule has 1 aromatic carbocycles. The maximum atomic E-state index is 13.8. The predicted octanol–water partition coefficient (Wildman–Crippen LogP) is 2.20. The molecule has 0 radical (unpaired) electrons. The van der Waals surface area contributed by atoms with Crippen molar-refractivity contribution in [3.05, 3.63) is 28.8 Å². The van der Waals surface area contributed by atoms with E-state index in [0.29, 0.717) is 19.4 Å². The fourth-order valence-electron chi connectivity index (χ4n) is 4.39. The molecular weight excluding hydrogens is 464 g/mol. The Hall–Kier alpha value is -2.69. The summed E-state index contributed by atoms with van der Waals surface area (Å²) < 4.78 is 10.2. The van der Waals surface area contributed by atoms with Crippen LogP contribution in [-0.4, -0.2) is 66.4 Å². The van der Waals surface area contributed by atoms with Crippen LogP contribution in [0.2, 0.25) is 5.02 Å². The number of nitrogens with one attached hydrogen (secondary N) is 2. The minimum absolute atomic E-state index is 0.0262. The van der Waals surface area contributed by atoms with Crippen LogP contribution in [0.15, 0.2) is 18.2 Å². The topological polar surface area (TPSA) is 137 Å². The first kappa shape index (κ1) is 25.9. The van der Waals surface area contributed by atoms with Crippen LogP contribution in [0.25, 0.3) is 0 Å². The van der Waals surface area contributed by atoms with E-state index in [-0.39, 0.29) is 41.7 Å². The molecule has 2 aliphatic rings. The number of esters is 1. The lowest BCUT2D eigenvalue weighted by Crippen LogP contribution is -2.67. The van der Waals surface area contributed by atoms with Gasteiger partial charge in [-0.05, 0) is 25.0 Å². The second-order valence-corrected chi connectivity index (χ2v) is 9.30. The molecule has 11 heteroatoms. The summed E-state index contributed by atoms with van der Waals surface area (Å²) in [5.41, 5.74) is 6.21. The van der Waals surface area contributed by atoms with Crippen LogP contribution in [0.1, 0.15) is 50.4 Å². The van der Waals surface area contributed by atoms with Gasteiger partial charge in [0.2, 0.25) is 6.23 Å². The molecular formula is C23H32ClN4O6+. The molecule has 0 bridgehead atoms. The quantitative estimate of drug-likeness (QED) is 0.299. The van der Waals surface area contributed by atoms with E-state index in [9.17, 15) is 19.2 Å². The van der Waals surface area contributed by atoms with Gasteiger partial charge in [-0.3, -0.25) is 14.9 Å². The van der Waals surface area contributed by atoms with Crippen LogP contribution in [0, 0.1) is 5.92 Å². The van der Waals surface area contributed by atoms with Crippen molar-refractivity contribution >= 4 is 41.1 Å². The van der Waals surface area contributed by atoms with Gasteiger partial charge in [-0.25, -0.2) is 9.59 Å². The Balaban J connectivity index is 1.83. The molecule has 2 saturated heterocycles. The lowest BCUT2D eigenvalue weighted by Gasteiger charge is -2.34. The van der Waals surface area contributed by atoms with Gasteiger partial charge in [0.15, 0.2) is 0 Å². The summed E-state index contributed by atoms with van der Waals surface area (Å²) >= 11 is 6.19. The zero-order valence-electron chi connectivity index (χ0n) is 19.6. The van der Waals surface area contributed by atoms with E-state index in [4.69, 9.17) is 26.8 Å². The minimum Gasteiger partial charge on any atom is -0.439 e. The standard InChI is InChI=1S/C23H31ClN4O6/c1-4-33-16-12-17(29)34-21(16)27-23(32)28(10-5-6-11-28)22(31)19(13(2)3)26-20(30)14-8-7-9-15(25)18(14)24/h7-9,13,16,19,21H,4-6,10-12,25H2,1-3H3,(H-,26,27,30,32)/p+1/t16-,19-,21+/m0/s1. The number of urea groups is 1. The summed E-state index contributed by atoms with van der Waals surface area (Å²) in [4.78, 5) is 52.0. The van der Waals surface area contributed by atoms with Gasteiger partial charge in [0.1, 0.15) is 12.1 Å². The molecule has 0 unspecified atom stereocenters. The number of nitrogens with two attached hydrogens (primary N) is 1. The molecule has 34 heavy (non-hydrogen) atoms. The number of quaternary nitrogens is 1. The number of anilines is 1. The highest BCUT2D eigenvalue weighted by Crippen LogP contribution is 2.27. The van der Waals surface area contributed by atoms with Gasteiger partial charge >= 0.3 is 17.9 Å². The van der Waals surface area contributed by atoms with Crippen LogP contribution in [0.5, 0.6) is 0 Å². The molecule has 2 aliphatic heterocycles. The number of nitrogens with zero attached hydrogens (tertiary/aromatic N) is 1.